The third kappa shape index (κ3) is 4.77. The van der Waals surface area contributed by atoms with Crippen molar-refractivity contribution >= 4 is 29.1 Å². The van der Waals surface area contributed by atoms with Gasteiger partial charge in [0.25, 0.3) is 5.91 Å². The fourth-order valence-corrected chi connectivity index (χ4v) is 3.98. The average Bonchev–Trinajstić information content (AvgIpc) is 3.48. The second-order valence-corrected chi connectivity index (χ2v) is 8.10. The number of methoxy groups -OCH3 is 2. The van der Waals surface area contributed by atoms with E-state index in [2.05, 4.69) is 25.6 Å². The highest BCUT2D eigenvalue weighted by Gasteiger charge is 2.34. The van der Waals surface area contributed by atoms with Crippen LogP contribution in [0.5, 0.6) is 5.75 Å². The number of aryl methyl sites for hydroxylation is 1. The standard InChI is InChI=1S/C23H29N9O4/c1-14(12-35-4)31-9-10-32(23(31)34)18-11-17(19(28-27-18)22(33)24-2)26-16-8-6-7-15(20(16)36-5)21-25-13-30(3)29-21/h6-8,11,13-14H,9-10,12H2,1-5H3,(H,24,33)(H,26,27)/i2D3. The van der Waals surface area contributed by atoms with Gasteiger partial charge in [-0.1, -0.05) is 6.07 Å². The van der Waals surface area contributed by atoms with Crippen molar-refractivity contribution in [2.24, 2.45) is 7.05 Å². The summed E-state index contributed by atoms with van der Waals surface area (Å²) in [7, 11) is 4.78. The highest BCUT2D eigenvalue weighted by molar-refractivity contribution is 6.00. The first-order valence-corrected chi connectivity index (χ1v) is 11.1. The first kappa shape index (κ1) is 21.1. The minimum atomic E-state index is -2.75. The maximum Gasteiger partial charge on any atom is 0.326 e. The predicted molar refractivity (Wildman–Crippen MR) is 132 cm³/mol. The molecule has 1 atom stereocenters. The number of ether oxygens (including phenoxy) is 2. The van der Waals surface area contributed by atoms with Crippen molar-refractivity contribution in [1.82, 2.24) is 35.2 Å². The molecule has 1 fully saturated rings. The van der Waals surface area contributed by atoms with E-state index >= 15 is 0 Å². The van der Waals surface area contributed by atoms with Crippen molar-refractivity contribution in [1.29, 1.82) is 0 Å². The van der Waals surface area contributed by atoms with Crippen molar-refractivity contribution in [2.45, 2.75) is 13.0 Å². The van der Waals surface area contributed by atoms with Crippen LogP contribution in [0.2, 0.25) is 0 Å². The molecule has 2 N–H and O–H groups in total. The Morgan fingerprint density at radius 2 is 2.08 bits per heavy atom. The molecular weight excluding hydrogens is 466 g/mol. The van der Waals surface area contributed by atoms with Crippen LogP contribution in [0.4, 0.5) is 22.0 Å². The topological polar surface area (TPSA) is 140 Å². The van der Waals surface area contributed by atoms with Crippen molar-refractivity contribution in [2.75, 3.05) is 51.1 Å². The summed E-state index contributed by atoms with van der Waals surface area (Å²) in [5, 5.41) is 17.4. The summed E-state index contributed by atoms with van der Waals surface area (Å²) in [4.78, 5) is 33.3. The largest absolute Gasteiger partial charge is 0.494 e. The molecule has 0 bridgehead atoms. The fraction of sp³-hybridized carbons (Fsp3) is 0.391. The summed E-state index contributed by atoms with van der Waals surface area (Å²) >= 11 is 0. The molecule has 2 aromatic heterocycles. The van der Waals surface area contributed by atoms with Crippen LogP contribution in [0.25, 0.3) is 11.4 Å². The zero-order chi connectivity index (χ0) is 28.3. The van der Waals surface area contributed by atoms with Crippen LogP contribution in [-0.2, 0) is 11.8 Å². The molecular formula is C23H29N9O4. The number of anilines is 3. The Hall–Kier alpha value is -4.26. The average molecular weight is 499 g/mol. The number of nitrogens with one attached hydrogen (secondary N) is 2. The zero-order valence-corrected chi connectivity index (χ0v) is 20.3. The van der Waals surface area contributed by atoms with Gasteiger partial charge in [-0.2, -0.15) is 5.10 Å². The monoisotopic (exact) mass is 498 g/mol. The third-order valence-electron chi connectivity index (χ3n) is 5.70. The minimum Gasteiger partial charge on any atom is -0.494 e. The van der Waals surface area contributed by atoms with Crippen LogP contribution < -0.4 is 20.3 Å². The molecule has 1 unspecified atom stereocenters. The number of amides is 3. The quantitative estimate of drug-likeness (QED) is 0.451. The number of carbonyl (C=O) groups excluding carboxylic acids is 2. The predicted octanol–water partition coefficient (Wildman–Crippen LogP) is 1.66. The molecule has 1 saturated heterocycles. The van der Waals surface area contributed by atoms with Crippen LogP contribution in [-0.4, -0.2) is 88.7 Å². The number of aromatic nitrogens is 5. The molecule has 36 heavy (non-hydrogen) atoms. The van der Waals surface area contributed by atoms with Gasteiger partial charge >= 0.3 is 6.03 Å². The molecule has 0 spiro atoms. The second kappa shape index (κ2) is 10.6. The van der Waals surface area contributed by atoms with E-state index < -0.39 is 12.9 Å². The van der Waals surface area contributed by atoms with E-state index in [0.29, 0.717) is 42.5 Å². The van der Waals surface area contributed by atoms with Gasteiger partial charge in [0.15, 0.2) is 23.1 Å². The Kier molecular flexibility index (Phi) is 6.18. The van der Waals surface area contributed by atoms with Crippen LogP contribution >= 0.6 is 0 Å². The summed E-state index contributed by atoms with van der Waals surface area (Å²) in [5.74, 6) is 0.00335. The lowest BCUT2D eigenvalue weighted by Crippen LogP contribution is -2.40. The number of carbonyl (C=O) groups is 2. The lowest BCUT2D eigenvalue weighted by Gasteiger charge is -2.24. The molecule has 3 aromatic rings. The Bertz CT molecular complexity index is 1360. The molecule has 3 amide bonds. The molecule has 0 saturated carbocycles. The minimum absolute atomic E-state index is 0.113. The zero-order valence-electron chi connectivity index (χ0n) is 23.3. The Morgan fingerprint density at radius 1 is 1.25 bits per heavy atom. The smallest absolute Gasteiger partial charge is 0.326 e. The van der Waals surface area contributed by atoms with Crippen LogP contribution in [0, 0.1) is 0 Å². The molecule has 1 aliphatic rings. The maximum atomic E-state index is 13.1. The SMILES string of the molecule is [2H]C([2H])([2H])NC(=O)c1nnc(N2CCN(C(C)COC)C2=O)cc1Nc1cccc(-c2ncn(C)n2)c1OC. The van der Waals surface area contributed by atoms with Crippen molar-refractivity contribution < 1.29 is 23.2 Å². The molecule has 13 nitrogen and oxygen atoms in total. The van der Waals surface area contributed by atoms with Crippen molar-refractivity contribution in [3.63, 3.8) is 0 Å². The lowest BCUT2D eigenvalue weighted by atomic mass is 10.1. The van der Waals surface area contributed by atoms with Crippen LogP contribution in [0.3, 0.4) is 0 Å². The maximum absolute atomic E-state index is 13.1. The summed E-state index contributed by atoms with van der Waals surface area (Å²) < 4.78 is 34.6. The summed E-state index contributed by atoms with van der Waals surface area (Å²) in [6.45, 7) is 0.281. The molecule has 1 aliphatic heterocycles. The van der Waals surface area contributed by atoms with Gasteiger partial charge in [-0.05, 0) is 19.1 Å². The van der Waals surface area contributed by atoms with Gasteiger partial charge in [-0.25, -0.2) is 9.78 Å². The Morgan fingerprint density at radius 3 is 2.78 bits per heavy atom. The van der Waals surface area contributed by atoms with E-state index in [1.165, 1.54) is 18.1 Å². The number of benzene rings is 1. The number of hydrogen-bond acceptors (Lipinski definition) is 9. The number of para-hydroxylation sites is 1. The van der Waals surface area contributed by atoms with Gasteiger partial charge in [-0.15, -0.1) is 10.2 Å². The summed E-state index contributed by atoms with van der Waals surface area (Å²) in [6.07, 6.45) is 1.55. The van der Waals surface area contributed by atoms with Gasteiger partial charge in [0.05, 0.1) is 36.7 Å². The van der Waals surface area contributed by atoms with Crippen molar-refractivity contribution in [3.05, 3.63) is 36.3 Å². The molecule has 3 heterocycles. The Balaban J connectivity index is 1.74. The third-order valence-corrected chi connectivity index (χ3v) is 5.70. The number of nitrogens with zero attached hydrogens (tertiary/aromatic N) is 7. The molecule has 1 aromatic carbocycles. The van der Waals surface area contributed by atoms with Crippen LogP contribution in [0.15, 0.2) is 30.6 Å². The van der Waals surface area contributed by atoms with E-state index in [4.69, 9.17) is 13.6 Å². The lowest BCUT2D eigenvalue weighted by molar-refractivity contribution is 0.0958. The molecule has 4 rings (SSSR count). The van der Waals surface area contributed by atoms with Crippen molar-refractivity contribution in [3.8, 4) is 17.1 Å². The fourth-order valence-electron chi connectivity index (χ4n) is 3.98. The van der Waals surface area contributed by atoms with Gasteiger partial charge in [0, 0.05) is 44.4 Å². The number of hydrogen-bond donors (Lipinski definition) is 2. The molecule has 190 valence electrons. The Labute approximate surface area is 212 Å². The molecule has 0 radical (unpaired) electrons. The van der Waals surface area contributed by atoms with E-state index in [9.17, 15) is 9.59 Å². The second-order valence-electron chi connectivity index (χ2n) is 8.10. The van der Waals surface area contributed by atoms with Crippen LogP contribution in [0.1, 0.15) is 21.5 Å². The van der Waals surface area contributed by atoms with E-state index in [-0.39, 0.29) is 29.3 Å². The highest BCUT2D eigenvalue weighted by atomic mass is 16.5. The van der Waals surface area contributed by atoms with Gasteiger partial charge in [0.1, 0.15) is 6.33 Å². The van der Waals surface area contributed by atoms with E-state index in [1.807, 2.05) is 12.2 Å². The van der Waals surface area contributed by atoms with Gasteiger partial charge in [0.2, 0.25) is 0 Å². The highest BCUT2D eigenvalue weighted by Crippen LogP contribution is 2.37. The van der Waals surface area contributed by atoms with E-state index in [1.54, 1.807) is 48.3 Å². The number of rotatable bonds is 9. The summed E-state index contributed by atoms with van der Waals surface area (Å²) in [5.41, 5.74) is 0.834. The molecule has 0 aliphatic carbocycles. The first-order valence-electron chi connectivity index (χ1n) is 12.6. The van der Waals surface area contributed by atoms with E-state index in [0.717, 1.165) is 0 Å². The summed E-state index contributed by atoms with van der Waals surface area (Å²) in [6, 6.07) is 6.24. The van der Waals surface area contributed by atoms with Gasteiger partial charge in [-0.3, -0.25) is 14.4 Å². The molecule has 13 heteroatoms. The number of urea groups is 1. The first-order chi connectivity index (χ1) is 18.5. The van der Waals surface area contributed by atoms with Gasteiger partial charge < -0.3 is 25.0 Å². The normalized spacial score (nSPS) is 15.8.